The van der Waals surface area contributed by atoms with Crippen LogP contribution in [0.25, 0.3) is 23.0 Å². The SMILES string of the molecule is Cc1c(/C=C2/NC(=O)NC2=O)cc(-c2ccccc2)n1-c1ccccc1. The molecule has 4 rings (SSSR count). The minimum atomic E-state index is -0.496. The molecule has 2 N–H and O–H groups in total. The predicted octanol–water partition coefficient (Wildman–Crippen LogP) is 3.63. The first kappa shape index (κ1) is 15.9. The first-order valence-corrected chi connectivity index (χ1v) is 8.31. The second-order valence-electron chi connectivity index (χ2n) is 6.07. The van der Waals surface area contributed by atoms with Crippen LogP contribution in [0, 0.1) is 6.92 Å². The van der Waals surface area contributed by atoms with Crippen LogP contribution in [0.5, 0.6) is 0 Å². The van der Waals surface area contributed by atoms with E-state index >= 15 is 0 Å². The number of urea groups is 1. The highest BCUT2D eigenvalue weighted by Gasteiger charge is 2.24. The molecule has 1 fully saturated rings. The molecule has 2 aromatic carbocycles. The summed E-state index contributed by atoms with van der Waals surface area (Å²) in [5, 5.41) is 4.77. The lowest BCUT2D eigenvalue weighted by molar-refractivity contribution is -0.115. The molecule has 0 bridgehead atoms. The van der Waals surface area contributed by atoms with Gasteiger partial charge in [0.15, 0.2) is 0 Å². The fraction of sp³-hybridized carbons (Fsp3) is 0.0476. The number of hydrogen-bond donors (Lipinski definition) is 2. The highest BCUT2D eigenvalue weighted by molar-refractivity contribution is 6.14. The summed E-state index contributed by atoms with van der Waals surface area (Å²) in [6.45, 7) is 2.00. The molecule has 3 amide bonds. The van der Waals surface area contributed by atoms with Crippen molar-refractivity contribution in [3.8, 4) is 16.9 Å². The third-order valence-corrected chi connectivity index (χ3v) is 4.39. The van der Waals surface area contributed by atoms with E-state index in [9.17, 15) is 9.59 Å². The van der Waals surface area contributed by atoms with Crippen LogP contribution < -0.4 is 10.6 Å². The van der Waals surface area contributed by atoms with Crippen molar-refractivity contribution in [1.29, 1.82) is 0 Å². The number of amides is 3. The number of hydrogen-bond acceptors (Lipinski definition) is 2. The standard InChI is InChI=1S/C21H17N3O2/c1-14-16(12-18-20(25)23-21(26)22-18)13-19(15-8-4-2-5-9-15)24(14)17-10-6-3-7-11-17/h2-13H,1H3,(H2,22,23,25,26)/b18-12+. The number of benzene rings is 2. The zero-order chi connectivity index (χ0) is 18.1. The van der Waals surface area contributed by atoms with Crippen molar-refractivity contribution in [2.45, 2.75) is 6.92 Å². The Balaban J connectivity index is 1.90. The zero-order valence-electron chi connectivity index (χ0n) is 14.2. The van der Waals surface area contributed by atoms with Gasteiger partial charge in [-0.15, -0.1) is 0 Å². The maximum atomic E-state index is 11.9. The van der Waals surface area contributed by atoms with Crippen molar-refractivity contribution >= 4 is 18.0 Å². The lowest BCUT2D eigenvalue weighted by Crippen LogP contribution is -2.22. The molecule has 5 nitrogen and oxygen atoms in total. The summed E-state index contributed by atoms with van der Waals surface area (Å²) in [7, 11) is 0. The largest absolute Gasteiger partial charge is 0.326 e. The summed E-state index contributed by atoms with van der Waals surface area (Å²) in [6.07, 6.45) is 1.71. The molecular weight excluding hydrogens is 326 g/mol. The first-order chi connectivity index (χ1) is 12.6. The van der Waals surface area contributed by atoms with E-state index in [2.05, 4.69) is 27.3 Å². The van der Waals surface area contributed by atoms with Crippen molar-refractivity contribution in [2.75, 3.05) is 0 Å². The average Bonchev–Trinajstić information content (AvgIpc) is 3.15. The monoisotopic (exact) mass is 343 g/mol. The van der Waals surface area contributed by atoms with Crippen LogP contribution >= 0.6 is 0 Å². The first-order valence-electron chi connectivity index (χ1n) is 8.31. The number of carbonyl (C=O) groups excluding carboxylic acids is 2. The van der Waals surface area contributed by atoms with E-state index < -0.39 is 11.9 Å². The Hall–Kier alpha value is -3.60. The van der Waals surface area contributed by atoms with Crippen LogP contribution in [0.4, 0.5) is 4.79 Å². The Kier molecular flexibility index (Phi) is 3.89. The van der Waals surface area contributed by atoms with E-state index in [1.807, 2.05) is 61.5 Å². The molecule has 0 spiro atoms. The Morgan fingerprint density at radius 2 is 1.54 bits per heavy atom. The molecule has 128 valence electrons. The minimum absolute atomic E-state index is 0.253. The van der Waals surface area contributed by atoms with Gasteiger partial charge in [-0.05, 0) is 42.3 Å². The summed E-state index contributed by atoms with van der Waals surface area (Å²) >= 11 is 0. The molecule has 26 heavy (non-hydrogen) atoms. The van der Waals surface area contributed by atoms with Gasteiger partial charge >= 0.3 is 6.03 Å². The molecule has 3 aromatic rings. The number of para-hydroxylation sites is 1. The van der Waals surface area contributed by atoms with Gasteiger partial charge < -0.3 is 9.88 Å². The molecule has 5 heteroatoms. The fourth-order valence-electron chi connectivity index (χ4n) is 3.14. The number of rotatable bonds is 3. The van der Waals surface area contributed by atoms with E-state index in [1.54, 1.807) is 6.08 Å². The number of imide groups is 1. The lowest BCUT2D eigenvalue weighted by atomic mass is 10.1. The van der Waals surface area contributed by atoms with Gasteiger partial charge in [0.1, 0.15) is 5.70 Å². The molecule has 1 saturated heterocycles. The molecule has 1 aromatic heterocycles. The summed E-state index contributed by atoms with van der Waals surface area (Å²) in [4.78, 5) is 23.2. The summed E-state index contributed by atoms with van der Waals surface area (Å²) in [5.41, 5.74) is 5.24. The van der Waals surface area contributed by atoms with Crippen LogP contribution in [0.1, 0.15) is 11.3 Å². The normalized spacial score (nSPS) is 15.2. The van der Waals surface area contributed by atoms with Gasteiger partial charge in [-0.25, -0.2) is 4.79 Å². The van der Waals surface area contributed by atoms with Gasteiger partial charge in [-0.1, -0.05) is 48.5 Å². The van der Waals surface area contributed by atoms with Gasteiger partial charge in [-0.3, -0.25) is 10.1 Å². The highest BCUT2D eigenvalue weighted by atomic mass is 16.2. The van der Waals surface area contributed by atoms with Crippen LogP contribution in [0.3, 0.4) is 0 Å². The lowest BCUT2D eigenvalue weighted by Gasteiger charge is -2.12. The minimum Gasteiger partial charge on any atom is -0.313 e. The van der Waals surface area contributed by atoms with Crippen molar-refractivity contribution in [3.05, 3.63) is 83.7 Å². The quantitative estimate of drug-likeness (QED) is 0.563. The van der Waals surface area contributed by atoms with Crippen LogP contribution in [0.15, 0.2) is 72.4 Å². The average molecular weight is 343 g/mol. The summed E-state index contributed by atoms with van der Waals surface area (Å²) < 4.78 is 2.15. The van der Waals surface area contributed by atoms with E-state index in [1.165, 1.54) is 0 Å². The van der Waals surface area contributed by atoms with Crippen molar-refractivity contribution in [2.24, 2.45) is 0 Å². The van der Waals surface area contributed by atoms with Crippen LogP contribution in [0.2, 0.25) is 0 Å². The molecule has 0 aliphatic carbocycles. The van der Waals surface area contributed by atoms with Gasteiger partial charge in [-0.2, -0.15) is 0 Å². The summed E-state index contributed by atoms with van der Waals surface area (Å²) in [6, 6.07) is 21.7. The van der Waals surface area contributed by atoms with E-state index in [0.717, 1.165) is 28.2 Å². The van der Waals surface area contributed by atoms with E-state index in [-0.39, 0.29) is 5.70 Å². The Bertz CT molecular complexity index is 1020. The van der Waals surface area contributed by atoms with Gasteiger partial charge in [0, 0.05) is 11.4 Å². The van der Waals surface area contributed by atoms with Crippen LogP contribution in [-0.4, -0.2) is 16.5 Å². The number of aromatic nitrogens is 1. The Morgan fingerprint density at radius 3 is 2.15 bits per heavy atom. The number of carbonyl (C=O) groups is 2. The number of nitrogens with one attached hydrogen (secondary N) is 2. The third-order valence-electron chi connectivity index (χ3n) is 4.39. The molecule has 1 aliphatic rings. The van der Waals surface area contributed by atoms with E-state index in [0.29, 0.717) is 0 Å². The summed E-state index contributed by atoms with van der Waals surface area (Å²) in [5.74, 6) is -0.414. The maximum absolute atomic E-state index is 11.9. The molecule has 1 aliphatic heterocycles. The smallest absolute Gasteiger partial charge is 0.313 e. The number of nitrogens with zero attached hydrogens (tertiary/aromatic N) is 1. The molecule has 0 radical (unpaired) electrons. The van der Waals surface area contributed by atoms with Crippen molar-refractivity contribution in [3.63, 3.8) is 0 Å². The topological polar surface area (TPSA) is 63.1 Å². The predicted molar refractivity (Wildman–Crippen MR) is 101 cm³/mol. The van der Waals surface area contributed by atoms with Crippen LogP contribution in [-0.2, 0) is 4.79 Å². The van der Waals surface area contributed by atoms with Gasteiger partial charge in [0.05, 0.1) is 5.69 Å². The zero-order valence-corrected chi connectivity index (χ0v) is 14.2. The molecule has 2 heterocycles. The maximum Gasteiger partial charge on any atom is 0.326 e. The Morgan fingerprint density at radius 1 is 0.885 bits per heavy atom. The van der Waals surface area contributed by atoms with Crippen molar-refractivity contribution in [1.82, 2.24) is 15.2 Å². The highest BCUT2D eigenvalue weighted by Crippen LogP contribution is 2.30. The second-order valence-corrected chi connectivity index (χ2v) is 6.07. The van der Waals surface area contributed by atoms with Gasteiger partial charge in [0.25, 0.3) is 5.91 Å². The van der Waals surface area contributed by atoms with E-state index in [4.69, 9.17) is 0 Å². The second kappa shape index (κ2) is 6.37. The Labute approximate surface area is 151 Å². The molecule has 0 atom stereocenters. The molecule has 0 saturated carbocycles. The third kappa shape index (κ3) is 2.80. The molecular formula is C21H17N3O2. The molecule has 0 unspecified atom stereocenters. The van der Waals surface area contributed by atoms with Crippen molar-refractivity contribution < 1.29 is 9.59 Å². The fourth-order valence-corrected chi connectivity index (χ4v) is 3.14. The van der Waals surface area contributed by atoms with Gasteiger partial charge in [0.2, 0.25) is 0 Å².